The second kappa shape index (κ2) is 9.18. The van der Waals surface area contributed by atoms with Crippen molar-refractivity contribution >= 4 is 0 Å². The second-order valence-electron chi connectivity index (χ2n) is 7.47. The normalized spacial score (nSPS) is 14.4. The van der Waals surface area contributed by atoms with Crippen LogP contribution in [0.2, 0.25) is 0 Å². The van der Waals surface area contributed by atoms with Gasteiger partial charge in [0.2, 0.25) is 0 Å². The summed E-state index contributed by atoms with van der Waals surface area (Å²) in [6.45, 7) is 17.3. The lowest BCUT2D eigenvalue weighted by Gasteiger charge is -2.38. The predicted octanol–water partition coefficient (Wildman–Crippen LogP) is 3.77. The fourth-order valence-electron chi connectivity index (χ4n) is 2.77. The van der Waals surface area contributed by atoms with Gasteiger partial charge in [0.15, 0.2) is 5.79 Å². The smallest absolute Gasteiger partial charge is 0.193 e. The summed E-state index contributed by atoms with van der Waals surface area (Å²) >= 11 is 0. The van der Waals surface area contributed by atoms with Gasteiger partial charge in [-0.1, -0.05) is 0 Å². The van der Waals surface area contributed by atoms with Gasteiger partial charge in [-0.05, 0) is 83.2 Å². The van der Waals surface area contributed by atoms with Crippen LogP contribution in [-0.2, 0) is 14.2 Å². The summed E-state index contributed by atoms with van der Waals surface area (Å²) in [6.07, 6.45) is 0. The molecule has 1 unspecified atom stereocenters. The van der Waals surface area contributed by atoms with E-state index in [1.807, 2.05) is 0 Å². The minimum atomic E-state index is -1.11. The maximum Gasteiger partial charge on any atom is 0.193 e. The van der Waals surface area contributed by atoms with Crippen LogP contribution in [0.25, 0.3) is 0 Å². The lowest BCUT2D eigenvalue weighted by Crippen LogP contribution is -2.51. The molecule has 0 aliphatic carbocycles. The molecule has 1 rings (SSSR count). The Hall–Kier alpha value is -1.14. The lowest BCUT2D eigenvalue weighted by atomic mass is 9.94. The Morgan fingerprint density at radius 3 is 1.65 bits per heavy atom. The van der Waals surface area contributed by atoms with Crippen LogP contribution in [0.3, 0.4) is 0 Å². The zero-order chi connectivity index (χ0) is 20.1. The lowest BCUT2D eigenvalue weighted by molar-refractivity contribution is -0.294. The Labute approximate surface area is 158 Å². The SMILES string of the molecule is COC(C)(OCCOCCOc1c(C)c(C)c(C)c(C)c1C)C(C)(C)O. The average molecular weight is 369 g/mol. The van der Waals surface area contributed by atoms with Crippen LogP contribution in [-0.4, -0.2) is 50.0 Å². The largest absolute Gasteiger partial charge is 0.491 e. The third-order valence-corrected chi connectivity index (χ3v) is 5.51. The van der Waals surface area contributed by atoms with Crippen molar-refractivity contribution in [1.29, 1.82) is 0 Å². The van der Waals surface area contributed by atoms with Crippen molar-refractivity contribution in [1.82, 2.24) is 0 Å². The molecule has 0 spiro atoms. The molecule has 0 aromatic heterocycles. The molecule has 1 atom stereocenters. The third kappa shape index (κ3) is 5.19. The van der Waals surface area contributed by atoms with E-state index < -0.39 is 11.4 Å². The molecule has 0 aliphatic rings. The number of rotatable bonds is 10. The Balaban J connectivity index is 2.43. The highest BCUT2D eigenvalue weighted by molar-refractivity contribution is 5.53. The molecule has 0 heterocycles. The van der Waals surface area contributed by atoms with Crippen LogP contribution in [0.1, 0.15) is 48.6 Å². The Kier molecular flexibility index (Phi) is 8.08. The van der Waals surface area contributed by atoms with E-state index in [1.54, 1.807) is 20.8 Å². The summed E-state index contributed by atoms with van der Waals surface area (Å²) in [5.41, 5.74) is 5.16. The molecule has 0 fully saturated rings. The first-order chi connectivity index (χ1) is 12.0. The van der Waals surface area contributed by atoms with Gasteiger partial charge in [0, 0.05) is 7.11 Å². The molecule has 1 N–H and O–H groups in total. The van der Waals surface area contributed by atoms with Gasteiger partial charge in [0.25, 0.3) is 0 Å². The van der Waals surface area contributed by atoms with E-state index in [0.29, 0.717) is 26.4 Å². The van der Waals surface area contributed by atoms with Crippen LogP contribution in [0.15, 0.2) is 0 Å². The van der Waals surface area contributed by atoms with Crippen LogP contribution in [0.5, 0.6) is 5.75 Å². The van der Waals surface area contributed by atoms with Crippen LogP contribution in [0.4, 0.5) is 0 Å². The molecule has 26 heavy (non-hydrogen) atoms. The average Bonchev–Trinajstić information content (AvgIpc) is 2.58. The summed E-state index contributed by atoms with van der Waals surface area (Å²) in [6, 6.07) is 0. The molecule has 150 valence electrons. The van der Waals surface area contributed by atoms with Crippen LogP contribution in [0, 0.1) is 34.6 Å². The van der Waals surface area contributed by atoms with Gasteiger partial charge in [-0.15, -0.1) is 0 Å². The Bertz CT molecular complexity index is 574. The van der Waals surface area contributed by atoms with Crippen molar-refractivity contribution in [3.63, 3.8) is 0 Å². The number of hydrogen-bond acceptors (Lipinski definition) is 5. The molecule has 0 aliphatic heterocycles. The zero-order valence-electron chi connectivity index (χ0n) is 17.9. The maximum absolute atomic E-state index is 10.1. The Morgan fingerprint density at radius 2 is 1.19 bits per heavy atom. The fourth-order valence-corrected chi connectivity index (χ4v) is 2.77. The first-order valence-electron chi connectivity index (χ1n) is 9.15. The fraction of sp³-hybridized carbons (Fsp3) is 0.714. The molecular weight excluding hydrogens is 332 g/mol. The van der Waals surface area contributed by atoms with Gasteiger partial charge < -0.3 is 24.1 Å². The topological polar surface area (TPSA) is 57.2 Å². The number of aliphatic hydroxyl groups is 1. The molecule has 0 amide bonds. The maximum atomic E-state index is 10.1. The molecule has 1 aromatic carbocycles. The number of benzene rings is 1. The minimum absolute atomic E-state index is 0.329. The van der Waals surface area contributed by atoms with Crippen molar-refractivity contribution in [3.05, 3.63) is 27.8 Å². The van der Waals surface area contributed by atoms with E-state index in [0.717, 1.165) is 5.75 Å². The van der Waals surface area contributed by atoms with Crippen molar-refractivity contribution in [3.8, 4) is 5.75 Å². The summed E-state index contributed by atoms with van der Waals surface area (Å²) < 4.78 is 22.5. The van der Waals surface area contributed by atoms with Crippen molar-refractivity contribution in [2.24, 2.45) is 0 Å². The molecule has 0 bridgehead atoms. The number of ether oxygens (including phenoxy) is 4. The van der Waals surface area contributed by atoms with Gasteiger partial charge in [-0.25, -0.2) is 0 Å². The van der Waals surface area contributed by atoms with E-state index >= 15 is 0 Å². The van der Waals surface area contributed by atoms with Crippen LogP contribution < -0.4 is 4.74 Å². The number of hydrogen-bond donors (Lipinski definition) is 1. The minimum Gasteiger partial charge on any atom is -0.491 e. The van der Waals surface area contributed by atoms with E-state index in [4.69, 9.17) is 18.9 Å². The first-order valence-corrected chi connectivity index (χ1v) is 9.15. The molecule has 0 saturated carbocycles. The van der Waals surface area contributed by atoms with Crippen molar-refractivity contribution in [2.45, 2.75) is 66.8 Å². The van der Waals surface area contributed by atoms with Gasteiger partial charge in [0.05, 0.1) is 19.8 Å². The van der Waals surface area contributed by atoms with E-state index in [-0.39, 0.29) is 0 Å². The van der Waals surface area contributed by atoms with Crippen LogP contribution >= 0.6 is 0 Å². The summed E-state index contributed by atoms with van der Waals surface area (Å²) in [5, 5.41) is 10.1. The highest BCUT2D eigenvalue weighted by Crippen LogP contribution is 2.32. The molecule has 0 saturated heterocycles. The molecule has 1 aromatic rings. The third-order valence-electron chi connectivity index (χ3n) is 5.51. The van der Waals surface area contributed by atoms with E-state index in [1.165, 1.54) is 34.9 Å². The quantitative estimate of drug-likeness (QED) is 0.503. The monoisotopic (exact) mass is 368 g/mol. The molecule has 0 radical (unpaired) electrons. The second-order valence-corrected chi connectivity index (χ2v) is 7.47. The van der Waals surface area contributed by atoms with E-state index in [2.05, 4.69) is 34.6 Å². The first kappa shape index (κ1) is 22.9. The predicted molar refractivity (Wildman–Crippen MR) is 104 cm³/mol. The number of methoxy groups -OCH3 is 1. The molecule has 5 heteroatoms. The highest BCUT2D eigenvalue weighted by atomic mass is 16.7. The summed E-state index contributed by atoms with van der Waals surface area (Å²) in [5.74, 6) is -0.114. The summed E-state index contributed by atoms with van der Waals surface area (Å²) in [7, 11) is 1.52. The molecular formula is C21H36O5. The van der Waals surface area contributed by atoms with E-state index in [9.17, 15) is 5.11 Å². The van der Waals surface area contributed by atoms with Gasteiger partial charge >= 0.3 is 0 Å². The standard InChI is InChI=1S/C21H36O5/c1-14-15(2)17(4)19(18(5)16(14)3)25-12-10-24-11-13-26-21(8,23-9)20(6,7)22/h22H,10-13H2,1-9H3. The zero-order valence-corrected chi connectivity index (χ0v) is 17.9. The molecule has 5 nitrogen and oxygen atoms in total. The summed E-state index contributed by atoms with van der Waals surface area (Å²) in [4.78, 5) is 0. The highest BCUT2D eigenvalue weighted by Gasteiger charge is 2.41. The van der Waals surface area contributed by atoms with Crippen molar-refractivity contribution in [2.75, 3.05) is 33.5 Å². The van der Waals surface area contributed by atoms with Gasteiger partial charge in [-0.2, -0.15) is 0 Å². The Morgan fingerprint density at radius 1 is 0.731 bits per heavy atom. The van der Waals surface area contributed by atoms with Gasteiger partial charge in [-0.3, -0.25) is 0 Å². The van der Waals surface area contributed by atoms with Gasteiger partial charge in [0.1, 0.15) is 18.0 Å². The van der Waals surface area contributed by atoms with Crippen molar-refractivity contribution < 1.29 is 24.1 Å².